The van der Waals surface area contributed by atoms with Crippen LogP contribution in [0.2, 0.25) is 5.02 Å². The number of halogens is 1. The number of benzene rings is 1. The van der Waals surface area contributed by atoms with Crippen LogP contribution in [0.3, 0.4) is 0 Å². The molecule has 0 saturated carbocycles. The largest absolute Gasteiger partial charge is 0.357 e. The lowest BCUT2D eigenvalue weighted by Gasteiger charge is -2.23. The van der Waals surface area contributed by atoms with Crippen LogP contribution in [-0.4, -0.2) is 46.4 Å². The van der Waals surface area contributed by atoms with Gasteiger partial charge in [-0.1, -0.05) is 35.9 Å². The zero-order chi connectivity index (χ0) is 20.8. The van der Waals surface area contributed by atoms with E-state index >= 15 is 0 Å². The summed E-state index contributed by atoms with van der Waals surface area (Å²) in [6, 6.07) is 10.2. The van der Waals surface area contributed by atoms with Crippen molar-refractivity contribution in [3.8, 4) is 0 Å². The van der Waals surface area contributed by atoms with E-state index in [0.29, 0.717) is 26.1 Å². The molecule has 1 amide bonds. The van der Waals surface area contributed by atoms with Gasteiger partial charge in [-0.3, -0.25) is 4.79 Å². The molecule has 1 N–H and O–H groups in total. The van der Waals surface area contributed by atoms with Crippen LogP contribution >= 0.6 is 11.6 Å². The highest BCUT2D eigenvalue weighted by atomic mass is 35.5. The zero-order valence-corrected chi connectivity index (χ0v) is 18.2. The van der Waals surface area contributed by atoms with E-state index in [-0.39, 0.29) is 5.91 Å². The molecular formula is C22H30ClN5O. The number of rotatable bonds is 7. The molecule has 0 atom stereocenters. The van der Waals surface area contributed by atoms with E-state index in [9.17, 15) is 4.79 Å². The molecule has 2 heterocycles. The van der Waals surface area contributed by atoms with Gasteiger partial charge in [-0.25, -0.2) is 4.99 Å². The highest BCUT2D eigenvalue weighted by molar-refractivity contribution is 6.30. The average molecular weight is 416 g/mol. The van der Waals surface area contributed by atoms with Gasteiger partial charge in [0.25, 0.3) is 0 Å². The molecule has 1 fully saturated rings. The van der Waals surface area contributed by atoms with Gasteiger partial charge in [0.2, 0.25) is 5.91 Å². The van der Waals surface area contributed by atoms with Crippen molar-refractivity contribution in [2.45, 2.75) is 39.4 Å². The standard InChI is InChI=1S/C22H30ClN5O/c1-4-24-22(27(3)16-20-12-19(23)15-26(20)2)25-13-17-8-5-6-9-18(17)14-28-11-7-10-21(28)29/h5-6,8-9,12,15H,4,7,10-11,13-14,16H2,1-3H3,(H,24,25). The van der Waals surface area contributed by atoms with Crippen LogP contribution in [0.1, 0.15) is 36.6 Å². The topological polar surface area (TPSA) is 52.9 Å². The highest BCUT2D eigenvalue weighted by Crippen LogP contribution is 2.18. The van der Waals surface area contributed by atoms with Crippen molar-refractivity contribution in [1.82, 2.24) is 19.7 Å². The van der Waals surface area contributed by atoms with Crippen molar-refractivity contribution in [2.75, 3.05) is 20.1 Å². The molecular weight excluding hydrogens is 386 g/mol. The molecule has 156 valence electrons. The van der Waals surface area contributed by atoms with E-state index in [1.807, 2.05) is 48.0 Å². The number of nitrogens with zero attached hydrogens (tertiary/aromatic N) is 4. The first kappa shape index (κ1) is 21.2. The lowest BCUT2D eigenvalue weighted by Crippen LogP contribution is -2.38. The quantitative estimate of drug-likeness (QED) is 0.557. The summed E-state index contributed by atoms with van der Waals surface area (Å²) in [6.07, 6.45) is 3.53. The Bertz CT molecular complexity index is 876. The Hall–Kier alpha value is -2.47. The van der Waals surface area contributed by atoms with E-state index in [2.05, 4.69) is 29.3 Å². The van der Waals surface area contributed by atoms with Gasteiger partial charge in [0.15, 0.2) is 5.96 Å². The van der Waals surface area contributed by atoms with Crippen LogP contribution in [0, 0.1) is 0 Å². The molecule has 0 spiro atoms. The molecule has 0 bridgehead atoms. The SMILES string of the molecule is CCNC(=NCc1ccccc1CN1CCCC1=O)N(C)Cc1cc(Cl)cn1C. The van der Waals surface area contributed by atoms with Gasteiger partial charge in [0, 0.05) is 52.0 Å². The van der Waals surface area contributed by atoms with Crippen molar-refractivity contribution in [3.05, 3.63) is 58.4 Å². The first-order valence-electron chi connectivity index (χ1n) is 10.1. The second-order valence-corrected chi connectivity index (χ2v) is 7.91. The van der Waals surface area contributed by atoms with E-state index in [1.165, 1.54) is 5.56 Å². The molecule has 0 unspecified atom stereocenters. The highest BCUT2D eigenvalue weighted by Gasteiger charge is 2.21. The summed E-state index contributed by atoms with van der Waals surface area (Å²) in [4.78, 5) is 20.9. The van der Waals surface area contributed by atoms with Crippen molar-refractivity contribution >= 4 is 23.5 Å². The molecule has 7 heteroatoms. The number of carbonyl (C=O) groups is 1. The Morgan fingerprint density at radius 1 is 1.31 bits per heavy atom. The van der Waals surface area contributed by atoms with Crippen molar-refractivity contribution in [3.63, 3.8) is 0 Å². The molecule has 0 aliphatic carbocycles. The van der Waals surface area contributed by atoms with Gasteiger partial charge in [-0.15, -0.1) is 0 Å². The second kappa shape index (κ2) is 9.83. The summed E-state index contributed by atoms with van der Waals surface area (Å²) in [5.74, 6) is 1.09. The number of hydrogen-bond acceptors (Lipinski definition) is 2. The normalized spacial score (nSPS) is 14.6. The summed E-state index contributed by atoms with van der Waals surface area (Å²) in [5, 5.41) is 4.11. The van der Waals surface area contributed by atoms with Gasteiger partial charge in [0.1, 0.15) is 0 Å². The fraction of sp³-hybridized carbons (Fsp3) is 0.455. The Kier molecular flexibility index (Phi) is 7.20. The zero-order valence-electron chi connectivity index (χ0n) is 17.5. The molecule has 1 aliphatic rings. The molecule has 3 rings (SSSR count). The van der Waals surface area contributed by atoms with Crippen LogP contribution in [-0.2, 0) is 31.5 Å². The molecule has 2 aromatic rings. The fourth-order valence-corrected chi connectivity index (χ4v) is 3.89. The molecule has 1 saturated heterocycles. The summed E-state index contributed by atoms with van der Waals surface area (Å²) >= 11 is 6.12. The number of carbonyl (C=O) groups excluding carboxylic acids is 1. The monoisotopic (exact) mass is 415 g/mol. The minimum atomic E-state index is 0.248. The Balaban J connectivity index is 1.73. The van der Waals surface area contributed by atoms with Gasteiger partial charge in [0.05, 0.1) is 18.1 Å². The molecule has 6 nitrogen and oxygen atoms in total. The lowest BCUT2D eigenvalue weighted by atomic mass is 10.1. The number of likely N-dealkylation sites (tertiary alicyclic amines) is 1. The van der Waals surface area contributed by atoms with E-state index in [4.69, 9.17) is 16.6 Å². The smallest absolute Gasteiger partial charge is 0.222 e. The average Bonchev–Trinajstić information content (AvgIpc) is 3.24. The first-order chi connectivity index (χ1) is 14.0. The maximum atomic E-state index is 12.0. The number of aryl methyl sites for hydroxylation is 1. The number of aromatic nitrogens is 1. The van der Waals surface area contributed by atoms with Crippen molar-refractivity contribution in [2.24, 2.45) is 12.0 Å². The van der Waals surface area contributed by atoms with Crippen LogP contribution in [0.25, 0.3) is 0 Å². The van der Waals surface area contributed by atoms with Crippen molar-refractivity contribution in [1.29, 1.82) is 0 Å². The second-order valence-electron chi connectivity index (χ2n) is 7.47. The van der Waals surface area contributed by atoms with Gasteiger partial charge >= 0.3 is 0 Å². The van der Waals surface area contributed by atoms with E-state index < -0.39 is 0 Å². The van der Waals surface area contributed by atoms with E-state index in [1.54, 1.807) is 0 Å². The van der Waals surface area contributed by atoms with Crippen molar-refractivity contribution < 1.29 is 4.79 Å². The predicted molar refractivity (Wildman–Crippen MR) is 118 cm³/mol. The maximum absolute atomic E-state index is 12.0. The fourth-order valence-electron chi connectivity index (χ4n) is 3.61. The Morgan fingerprint density at radius 2 is 2.07 bits per heavy atom. The Morgan fingerprint density at radius 3 is 2.69 bits per heavy atom. The summed E-state index contributed by atoms with van der Waals surface area (Å²) in [7, 11) is 4.02. The minimum Gasteiger partial charge on any atom is -0.357 e. The Labute approximate surface area is 178 Å². The minimum absolute atomic E-state index is 0.248. The van der Waals surface area contributed by atoms with Crippen LogP contribution in [0.4, 0.5) is 0 Å². The van der Waals surface area contributed by atoms with Gasteiger partial charge in [-0.05, 0) is 30.5 Å². The molecule has 29 heavy (non-hydrogen) atoms. The third kappa shape index (κ3) is 5.54. The predicted octanol–water partition coefficient (Wildman–Crippen LogP) is 3.40. The van der Waals surface area contributed by atoms with Crippen LogP contribution in [0.5, 0.6) is 0 Å². The lowest BCUT2D eigenvalue weighted by molar-refractivity contribution is -0.128. The summed E-state index contributed by atoms with van der Waals surface area (Å²) in [6.45, 7) is 5.65. The number of aliphatic imine (C=N–C) groups is 1. The van der Waals surface area contributed by atoms with E-state index in [0.717, 1.165) is 41.7 Å². The molecule has 1 aromatic heterocycles. The van der Waals surface area contributed by atoms with Crippen LogP contribution < -0.4 is 5.32 Å². The summed E-state index contributed by atoms with van der Waals surface area (Å²) < 4.78 is 2.03. The number of guanidine groups is 1. The third-order valence-corrected chi connectivity index (χ3v) is 5.43. The molecule has 1 aliphatic heterocycles. The van der Waals surface area contributed by atoms with Gasteiger partial charge in [-0.2, -0.15) is 0 Å². The number of nitrogens with one attached hydrogen (secondary N) is 1. The van der Waals surface area contributed by atoms with Crippen LogP contribution in [0.15, 0.2) is 41.5 Å². The molecule has 0 radical (unpaired) electrons. The third-order valence-electron chi connectivity index (χ3n) is 5.22. The summed E-state index contributed by atoms with van der Waals surface area (Å²) in [5.41, 5.74) is 3.44. The van der Waals surface area contributed by atoms with Gasteiger partial charge < -0.3 is 19.7 Å². The number of hydrogen-bond donors (Lipinski definition) is 1. The molecule has 1 aromatic carbocycles. The maximum Gasteiger partial charge on any atom is 0.222 e. The number of amides is 1. The first-order valence-corrected chi connectivity index (χ1v) is 10.5.